The third-order valence-electron chi connectivity index (χ3n) is 4.72. The van der Waals surface area contributed by atoms with E-state index in [4.69, 9.17) is 4.84 Å². The lowest BCUT2D eigenvalue weighted by Gasteiger charge is -2.22. The van der Waals surface area contributed by atoms with Gasteiger partial charge in [-0.2, -0.15) is 0 Å². The second-order valence-electron chi connectivity index (χ2n) is 7.82. The Bertz CT molecular complexity index is 747. The van der Waals surface area contributed by atoms with Crippen LogP contribution in [0.3, 0.4) is 0 Å². The van der Waals surface area contributed by atoms with Crippen LogP contribution >= 0.6 is 0 Å². The average molecular weight is 438 g/mol. The van der Waals surface area contributed by atoms with E-state index in [1.807, 2.05) is 13.8 Å². The van der Waals surface area contributed by atoms with Gasteiger partial charge in [-0.15, -0.1) is 5.48 Å². The van der Waals surface area contributed by atoms with E-state index in [-0.39, 0.29) is 24.3 Å². The number of aromatic nitrogens is 2. The highest BCUT2D eigenvalue weighted by atomic mass is 16.7. The largest absolute Gasteiger partial charge is 0.480 e. The maximum absolute atomic E-state index is 12.5. The van der Waals surface area contributed by atoms with E-state index in [9.17, 15) is 24.3 Å². The summed E-state index contributed by atoms with van der Waals surface area (Å²) in [6.07, 6.45) is 4.91. The van der Waals surface area contributed by atoms with Crippen molar-refractivity contribution in [2.75, 3.05) is 13.1 Å². The number of carboxylic acid groups (broad SMARTS) is 1. The van der Waals surface area contributed by atoms with E-state index in [1.54, 1.807) is 0 Å². The predicted octanol–water partition coefficient (Wildman–Crippen LogP) is -1.15. The van der Waals surface area contributed by atoms with Crippen LogP contribution in [-0.4, -0.2) is 70.0 Å². The first-order chi connectivity index (χ1) is 14.8. The quantitative estimate of drug-likeness (QED) is 0.220. The summed E-state index contributed by atoms with van der Waals surface area (Å²) in [7, 11) is 0. The van der Waals surface area contributed by atoms with Crippen LogP contribution in [0.25, 0.3) is 0 Å². The van der Waals surface area contributed by atoms with Gasteiger partial charge in [0.05, 0.1) is 12.4 Å². The van der Waals surface area contributed by atoms with E-state index >= 15 is 0 Å². The van der Waals surface area contributed by atoms with Crippen LogP contribution in [0.5, 0.6) is 0 Å². The fourth-order valence-corrected chi connectivity index (χ4v) is 3.13. The number of carboxylic acids is 1. The monoisotopic (exact) mass is 438 g/mol. The van der Waals surface area contributed by atoms with Gasteiger partial charge in [0.15, 0.2) is 0 Å². The van der Waals surface area contributed by atoms with Gasteiger partial charge in [0.1, 0.15) is 18.6 Å². The number of imidazole rings is 1. The van der Waals surface area contributed by atoms with Gasteiger partial charge in [0.2, 0.25) is 11.8 Å². The van der Waals surface area contributed by atoms with E-state index in [2.05, 4.69) is 31.4 Å². The lowest BCUT2D eigenvalue weighted by Crippen LogP contribution is -2.52. The maximum atomic E-state index is 12.5. The fraction of sp³-hybridized carbons (Fsp3) is 0.632. The Hall–Kier alpha value is -2.99. The molecule has 2 heterocycles. The lowest BCUT2D eigenvalue weighted by molar-refractivity contribution is -0.157. The van der Waals surface area contributed by atoms with Gasteiger partial charge in [-0.25, -0.2) is 9.78 Å². The molecular weight excluding hydrogens is 408 g/mol. The molecule has 1 aliphatic rings. The van der Waals surface area contributed by atoms with Gasteiger partial charge < -0.3 is 30.9 Å². The average Bonchev–Trinajstić information content (AvgIpc) is 3.42. The number of aliphatic carboxylic acids is 1. The van der Waals surface area contributed by atoms with Gasteiger partial charge in [-0.05, 0) is 31.7 Å². The van der Waals surface area contributed by atoms with Crippen LogP contribution in [0.4, 0.5) is 0 Å². The summed E-state index contributed by atoms with van der Waals surface area (Å²) < 4.78 is 0. The number of carbonyl (C=O) groups is 4. The molecule has 0 aromatic carbocycles. The molecule has 2 rings (SSSR count). The Morgan fingerprint density at radius 1 is 1.29 bits per heavy atom. The summed E-state index contributed by atoms with van der Waals surface area (Å²) in [4.78, 5) is 59.4. The highest BCUT2D eigenvalue weighted by molar-refractivity contribution is 5.91. The molecule has 1 fully saturated rings. The van der Waals surface area contributed by atoms with Crippen LogP contribution in [0.15, 0.2) is 12.5 Å². The van der Waals surface area contributed by atoms with Crippen LogP contribution in [0, 0.1) is 5.92 Å². The van der Waals surface area contributed by atoms with E-state index < -0.39 is 36.5 Å². The number of aromatic amines is 1. The van der Waals surface area contributed by atoms with Crippen molar-refractivity contribution in [1.29, 1.82) is 0 Å². The lowest BCUT2D eigenvalue weighted by atomic mass is 10.0. The minimum atomic E-state index is -1.22. The van der Waals surface area contributed by atoms with Crippen molar-refractivity contribution in [1.82, 2.24) is 31.4 Å². The summed E-state index contributed by atoms with van der Waals surface area (Å²) >= 11 is 0. The third kappa shape index (κ3) is 8.34. The standard InChI is InChI=1S/C19H30N6O6/c1-11(2)6-14(24-18(28)13-4-3-5-21-13)17(27)22-9-16(26)31-25-15(19(29)30)7-12-8-20-10-23-12/h8,10-11,13-15,21,25H,3-7,9H2,1-2H3,(H,20,23)(H,22,27)(H,24,28)(H,29,30)/t13-,14-,15-/m0/s1. The zero-order chi connectivity index (χ0) is 22.8. The SMILES string of the molecule is CC(C)C[C@H](NC(=O)[C@@H]1CCCN1)C(=O)NCC(=O)ON[C@@H](Cc1cnc[nH]1)C(=O)O. The number of nitrogens with one attached hydrogen (secondary N) is 5. The van der Waals surface area contributed by atoms with Crippen LogP contribution in [0.1, 0.15) is 38.8 Å². The number of hydrogen-bond donors (Lipinski definition) is 6. The molecule has 172 valence electrons. The number of carbonyl (C=O) groups excluding carboxylic acids is 3. The molecule has 1 aromatic heterocycles. The van der Waals surface area contributed by atoms with Crippen molar-refractivity contribution in [3.05, 3.63) is 18.2 Å². The number of rotatable bonds is 12. The molecule has 2 amide bonds. The molecule has 12 heteroatoms. The molecule has 0 aliphatic carbocycles. The Labute approximate surface area is 179 Å². The van der Waals surface area contributed by atoms with Gasteiger partial charge in [-0.3, -0.25) is 14.4 Å². The molecule has 1 aliphatic heterocycles. The molecule has 1 saturated heterocycles. The Morgan fingerprint density at radius 3 is 2.65 bits per heavy atom. The summed E-state index contributed by atoms with van der Waals surface area (Å²) in [6.45, 7) is 4.12. The first kappa shape index (κ1) is 24.3. The zero-order valence-corrected chi connectivity index (χ0v) is 17.6. The molecular formula is C19H30N6O6. The summed E-state index contributed by atoms with van der Waals surface area (Å²) in [5.74, 6) is -2.70. The van der Waals surface area contributed by atoms with Crippen molar-refractivity contribution in [3.63, 3.8) is 0 Å². The third-order valence-corrected chi connectivity index (χ3v) is 4.72. The van der Waals surface area contributed by atoms with Crippen molar-refractivity contribution >= 4 is 23.8 Å². The molecule has 0 spiro atoms. The van der Waals surface area contributed by atoms with Crippen molar-refractivity contribution in [2.45, 2.75) is 57.7 Å². The number of hydrogen-bond acceptors (Lipinski definition) is 8. The predicted molar refractivity (Wildman–Crippen MR) is 108 cm³/mol. The summed E-state index contributed by atoms with van der Waals surface area (Å²) in [5, 5.41) is 17.5. The van der Waals surface area contributed by atoms with Crippen molar-refractivity contribution in [3.8, 4) is 0 Å². The van der Waals surface area contributed by atoms with Gasteiger partial charge in [-0.1, -0.05) is 13.8 Å². The molecule has 0 unspecified atom stereocenters. The van der Waals surface area contributed by atoms with Crippen LogP contribution < -0.4 is 21.4 Å². The van der Waals surface area contributed by atoms with E-state index in [1.165, 1.54) is 12.5 Å². The number of hydroxylamine groups is 1. The molecule has 3 atom stereocenters. The smallest absolute Gasteiger partial charge is 0.344 e. The highest BCUT2D eigenvalue weighted by Crippen LogP contribution is 2.09. The van der Waals surface area contributed by atoms with E-state index in [0.717, 1.165) is 13.0 Å². The molecule has 31 heavy (non-hydrogen) atoms. The molecule has 0 radical (unpaired) electrons. The first-order valence-electron chi connectivity index (χ1n) is 10.2. The Balaban J connectivity index is 1.80. The van der Waals surface area contributed by atoms with Gasteiger partial charge >= 0.3 is 11.9 Å². The Morgan fingerprint density at radius 2 is 2.06 bits per heavy atom. The number of amides is 2. The highest BCUT2D eigenvalue weighted by Gasteiger charge is 2.28. The molecule has 6 N–H and O–H groups in total. The number of nitrogens with zero attached hydrogens (tertiary/aromatic N) is 1. The normalized spacial score (nSPS) is 17.7. The van der Waals surface area contributed by atoms with E-state index in [0.29, 0.717) is 18.5 Å². The zero-order valence-electron chi connectivity index (χ0n) is 17.6. The van der Waals surface area contributed by atoms with Gasteiger partial charge in [0.25, 0.3) is 0 Å². The molecule has 0 bridgehead atoms. The molecule has 12 nitrogen and oxygen atoms in total. The topological polar surface area (TPSA) is 175 Å². The van der Waals surface area contributed by atoms with Crippen molar-refractivity contribution < 1.29 is 29.1 Å². The minimum Gasteiger partial charge on any atom is -0.480 e. The summed E-state index contributed by atoms with van der Waals surface area (Å²) in [6, 6.07) is -2.30. The second kappa shape index (κ2) is 12.0. The Kier molecular flexibility index (Phi) is 9.40. The maximum Gasteiger partial charge on any atom is 0.344 e. The first-order valence-corrected chi connectivity index (χ1v) is 10.2. The minimum absolute atomic E-state index is 0.0205. The van der Waals surface area contributed by atoms with Crippen molar-refractivity contribution in [2.24, 2.45) is 5.92 Å². The molecule has 0 saturated carbocycles. The molecule has 1 aromatic rings. The second-order valence-corrected chi connectivity index (χ2v) is 7.82. The number of H-pyrrole nitrogens is 1. The van der Waals surface area contributed by atoms with Gasteiger partial charge in [0, 0.05) is 18.3 Å². The van der Waals surface area contributed by atoms with Crippen LogP contribution in [-0.2, 0) is 30.4 Å². The summed E-state index contributed by atoms with van der Waals surface area (Å²) in [5.41, 5.74) is 2.73. The van der Waals surface area contributed by atoms with Crippen LogP contribution in [0.2, 0.25) is 0 Å². The fourth-order valence-electron chi connectivity index (χ4n) is 3.13.